The number of rotatable bonds is 4. The number of likely N-dealkylation sites (tertiary alicyclic amines) is 1. The third-order valence-electron chi connectivity index (χ3n) is 4.43. The standard InChI is InChI=1S/C17H16BrN5O2/c18-12-7-10-3-1-5-20-14(10)11(8-12)9-23-6-2-4-13(23)17-21-16(15(19)24)22-25-17/h1,3,5,7-8,13H,2,4,6,9H2,(H2,19,24). The van der Waals surface area contributed by atoms with Gasteiger partial charge in [0.1, 0.15) is 0 Å². The smallest absolute Gasteiger partial charge is 0.290 e. The maximum Gasteiger partial charge on any atom is 0.290 e. The minimum Gasteiger partial charge on any atom is -0.363 e. The van der Waals surface area contributed by atoms with Gasteiger partial charge in [-0.15, -0.1) is 0 Å². The molecule has 0 aliphatic carbocycles. The number of halogens is 1. The fourth-order valence-electron chi connectivity index (χ4n) is 3.33. The molecule has 25 heavy (non-hydrogen) atoms. The summed E-state index contributed by atoms with van der Waals surface area (Å²) in [7, 11) is 0. The van der Waals surface area contributed by atoms with Crippen LogP contribution in [0, 0.1) is 0 Å². The molecular formula is C17H16BrN5O2. The van der Waals surface area contributed by atoms with Crippen LogP contribution in [0.3, 0.4) is 0 Å². The molecule has 4 rings (SSSR count). The number of hydrogen-bond acceptors (Lipinski definition) is 6. The van der Waals surface area contributed by atoms with Gasteiger partial charge in [0.05, 0.1) is 11.6 Å². The van der Waals surface area contributed by atoms with Crippen molar-refractivity contribution in [2.75, 3.05) is 6.54 Å². The highest BCUT2D eigenvalue weighted by molar-refractivity contribution is 9.10. The van der Waals surface area contributed by atoms with Gasteiger partial charge in [-0.2, -0.15) is 4.98 Å². The van der Waals surface area contributed by atoms with Crippen molar-refractivity contribution in [2.24, 2.45) is 5.73 Å². The molecular weight excluding hydrogens is 386 g/mol. The topological polar surface area (TPSA) is 98.1 Å². The summed E-state index contributed by atoms with van der Waals surface area (Å²) in [5, 5.41) is 4.75. The number of primary amides is 1. The molecule has 1 aliphatic heterocycles. The summed E-state index contributed by atoms with van der Waals surface area (Å²) < 4.78 is 6.28. The number of fused-ring (bicyclic) bond motifs is 1. The molecule has 0 saturated carbocycles. The van der Waals surface area contributed by atoms with Crippen LogP contribution in [0.5, 0.6) is 0 Å². The van der Waals surface area contributed by atoms with Crippen LogP contribution in [-0.4, -0.2) is 32.5 Å². The monoisotopic (exact) mass is 401 g/mol. The van der Waals surface area contributed by atoms with Gasteiger partial charge in [0.15, 0.2) is 0 Å². The summed E-state index contributed by atoms with van der Waals surface area (Å²) in [6.07, 6.45) is 3.73. The van der Waals surface area contributed by atoms with E-state index in [-0.39, 0.29) is 11.9 Å². The number of nitrogens with zero attached hydrogens (tertiary/aromatic N) is 4. The quantitative estimate of drug-likeness (QED) is 0.721. The lowest BCUT2D eigenvalue weighted by Crippen LogP contribution is -2.23. The molecule has 8 heteroatoms. The van der Waals surface area contributed by atoms with Gasteiger partial charge >= 0.3 is 0 Å². The molecule has 2 N–H and O–H groups in total. The number of pyridine rings is 1. The Hall–Kier alpha value is -2.32. The highest BCUT2D eigenvalue weighted by Gasteiger charge is 2.31. The van der Waals surface area contributed by atoms with E-state index in [1.807, 2.05) is 6.07 Å². The largest absolute Gasteiger partial charge is 0.363 e. The first-order valence-electron chi connectivity index (χ1n) is 8.02. The molecule has 1 aromatic carbocycles. The van der Waals surface area contributed by atoms with Crippen molar-refractivity contribution in [2.45, 2.75) is 25.4 Å². The molecule has 1 amide bonds. The third kappa shape index (κ3) is 3.14. The molecule has 1 aliphatic rings. The van der Waals surface area contributed by atoms with Gasteiger partial charge in [0.2, 0.25) is 5.89 Å². The van der Waals surface area contributed by atoms with Crippen LogP contribution in [0.2, 0.25) is 0 Å². The number of carbonyl (C=O) groups excluding carboxylic acids is 1. The van der Waals surface area contributed by atoms with Crippen molar-refractivity contribution in [1.29, 1.82) is 0 Å². The number of benzene rings is 1. The second kappa shape index (κ2) is 6.53. The molecule has 1 atom stereocenters. The molecule has 7 nitrogen and oxygen atoms in total. The fourth-order valence-corrected chi connectivity index (χ4v) is 3.86. The number of hydrogen-bond donors (Lipinski definition) is 1. The zero-order valence-corrected chi connectivity index (χ0v) is 14.9. The Morgan fingerprint density at radius 1 is 1.44 bits per heavy atom. The lowest BCUT2D eigenvalue weighted by molar-refractivity contribution is 0.0987. The van der Waals surface area contributed by atoms with Crippen LogP contribution in [-0.2, 0) is 6.54 Å². The normalized spacial score (nSPS) is 18.0. The van der Waals surface area contributed by atoms with E-state index in [2.05, 4.69) is 54.2 Å². The maximum atomic E-state index is 11.2. The summed E-state index contributed by atoms with van der Waals surface area (Å²) in [4.78, 5) is 22.1. The summed E-state index contributed by atoms with van der Waals surface area (Å²) in [5.41, 5.74) is 7.33. The number of nitrogens with two attached hydrogens (primary N) is 1. The Kier molecular flexibility index (Phi) is 4.22. The van der Waals surface area contributed by atoms with E-state index >= 15 is 0 Å². The predicted molar refractivity (Wildman–Crippen MR) is 94.6 cm³/mol. The number of amides is 1. The van der Waals surface area contributed by atoms with Crippen molar-refractivity contribution in [3.63, 3.8) is 0 Å². The van der Waals surface area contributed by atoms with Crippen molar-refractivity contribution < 1.29 is 9.32 Å². The maximum absolute atomic E-state index is 11.2. The highest BCUT2D eigenvalue weighted by Crippen LogP contribution is 2.34. The molecule has 2 aromatic heterocycles. The molecule has 128 valence electrons. The third-order valence-corrected chi connectivity index (χ3v) is 4.89. The van der Waals surface area contributed by atoms with E-state index in [9.17, 15) is 4.79 Å². The predicted octanol–water partition coefficient (Wildman–Crippen LogP) is 2.82. The molecule has 1 unspecified atom stereocenters. The van der Waals surface area contributed by atoms with Gasteiger partial charge < -0.3 is 10.3 Å². The minimum atomic E-state index is -0.679. The van der Waals surface area contributed by atoms with Crippen molar-refractivity contribution >= 4 is 32.7 Å². The summed E-state index contributed by atoms with van der Waals surface area (Å²) in [6.45, 7) is 1.63. The van der Waals surface area contributed by atoms with E-state index in [1.54, 1.807) is 6.20 Å². The first-order valence-corrected chi connectivity index (χ1v) is 8.82. The summed E-state index contributed by atoms with van der Waals surface area (Å²) in [6, 6.07) is 8.12. The molecule has 0 radical (unpaired) electrons. The Morgan fingerprint density at radius 3 is 3.12 bits per heavy atom. The minimum absolute atomic E-state index is 0.0154. The number of carbonyl (C=O) groups is 1. The molecule has 0 spiro atoms. The van der Waals surface area contributed by atoms with Crippen LogP contribution < -0.4 is 5.73 Å². The zero-order chi connectivity index (χ0) is 17.4. The average Bonchev–Trinajstić information content (AvgIpc) is 3.23. The Bertz CT molecular complexity index is 942. The zero-order valence-electron chi connectivity index (χ0n) is 13.4. The molecule has 1 fully saturated rings. The van der Waals surface area contributed by atoms with E-state index in [0.717, 1.165) is 40.3 Å². The fraction of sp³-hybridized carbons (Fsp3) is 0.294. The molecule has 1 saturated heterocycles. The van der Waals surface area contributed by atoms with Crippen molar-refractivity contribution in [1.82, 2.24) is 20.0 Å². The van der Waals surface area contributed by atoms with Gasteiger partial charge in [-0.1, -0.05) is 27.2 Å². The summed E-state index contributed by atoms with van der Waals surface area (Å²) in [5.74, 6) is -0.309. The van der Waals surface area contributed by atoms with Crippen molar-refractivity contribution in [3.8, 4) is 0 Å². The van der Waals surface area contributed by atoms with E-state index in [4.69, 9.17) is 10.3 Å². The van der Waals surface area contributed by atoms with Gasteiger partial charge in [-0.05, 0) is 43.1 Å². The first kappa shape index (κ1) is 16.2. The van der Waals surface area contributed by atoms with Crippen LogP contribution in [0.4, 0.5) is 0 Å². The van der Waals surface area contributed by atoms with Crippen LogP contribution >= 0.6 is 15.9 Å². The highest BCUT2D eigenvalue weighted by atomic mass is 79.9. The molecule has 0 bridgehead atoms. The Morgan fingerprint density at radius 2 is 2.32 bits per heavy atom. The van der Waals surface area contributed by atoms with Gasteiger partial charge in [0, 0.05) is 22.6 Å². The van der Waals surface area contributed by atoms with Crippen molar-refractivity contribution in [3.05, 3.63) is 52.2 Å². The number of aromatic nitrogens is 3. The summed E-state index contributed by atoms with van der Waals surface area (Å²) >= 11 is 3.57. The van der Waals surface area contributed by atoms with Crippen LogP contribution in [0.1, 0.15) is 41.0 Å². The first-order chi connectivity index (χ1) is 12.1. The van der Waals surface area contributed by atoms with Crippen LogP contribution in [0.15, 0.2) is 39.5 Å². The second-order valence-electron chi connectivity index (χ2n) is 6.09. The van der Waals surface area contributed by atoms with Gasteiger partial charge in [-0.25, -0.2) is 0 Å². The van der Waals surface area contributed by atoms with Gasteiger partial charge in [-0.3, -0.25) is 14.7 Å². The molecule has 3 heterocycles. The lowest BCUT2D eigenvalue weighted by Gasteiger charge is -2.22. The lowest BCUT2D eigenvalue weighted by atomic mass is 10.1. The molecule has 3 aromatic rings. The SMILES string of the molecule is NC(=O)c1noc(C2CCCN2Cc2cc(Br)cc3cccnc23)n1. The second-order valence-corrected chi connectivity index (χ2v) is 7.00. The van der Waals surface area contributed by atoms with Crippen LogP contribution in [0.25, 0.3) is 10.9 Å². The average molecular weight is 402 g/mol. The Balaban J connectivity index is 1.64. The Labute approximate surface area is 152 Å². The van der Waals surface area contributed by atoms with E-state index in [1.165, 1.54) is 0 Å². The van der Waals surface area contributed by atoms with Gasteiger partial charge in [0.25, 0.3) is 11.7 Å². The van der Waals surface area contributed by atoms with E-state index < -0.39 is 5.91 Å². The van der Waals surface area contributed by atoms with E-state index in [0.29, 0.717) is 12.4 Å².